The molecule has 96 valence electrons. The highest BCUT2D eigenvalue weighted by Gasteiger charge is 2.51. The van der Waals surface area contributed by atoms with Gasteiger partial charge >= 0.3 is 5.97 Å². The van der Waals surface area contributed by atoms with E-state index in [1.54, 1.807) is 6.07 Å². The van der Waals surface area contributed by atoms with E-state index in [9.17, 15) is 14.7 Å². The van der Waals surface area contributed by atoms with Crippen LogP contribution in [0.5, 0.6) is 0 Å². The Morgan fingerprint density at radius 1 is 1.39 bits per heavy atom. The fourth-order valence-electron chi connectivity index (χ4n) is 2.19. The zero-order valence-corrected chi connectivity index (χ0v) is 10.4. The van der Waals surface area contributed by atoms with Crippen LogP contribution in [0.3, 0.4) is 0 Å². The smallest absolute Gasteiger partial charge is 0.319 e. The summed E-state index contributed by atoms with van der Waals surface area (Å²) in [4.78, 5) is 23.3. The Morgan fingerprint density at radius 3 is 2.61 bits per heavy atom. The van der Waals surface area contributed by atoms with E-state index in [2.05, 4.69) is 5.32 Å². The first-order valence-corrected chi connectivity index (χ1v) is 6.22. The Labute approximate surface area is 106 Å². The minimum absolute atomic E-state index is 0.394. The largest absolute Gasteiger partial charge is 0.480 e. The van der Waals surface area contributed by atoms with Gasteiger partial charge in [0.1, 0.15) is 5.41 Å². The molecule has 0 saturated heterocycles. The van der Waals surface area contributed by atoms with Gasteiger partial charge < -0.3 is 10.4 Å². The van der Waals surface area contributed by atoms with Gasteiger partial charge in [-0.3, -0.25) is 9.59 Å². The molecule has 0 atom stereocenters. The number of aryl methyl sites for hydroxylation is 1. The average molecular weight is 247 g/mol. The monoisotopic (exact) mass is 247 g/mol. The molecule has 0 spiro atoms. The maximum absolute atomic E-state index is 12.1. The standard InChI is InChI=1S/C14H17NO3/c1-2-10-5-3-6-11(9-10)15-12(16)14(13(17)18)7-4-8-14/h3,5-6,9H,2,4,7-8H2,1H3,(H,15,16)(H,17,18). The SMILES string of the molecule is CCc1cccc(NC(=O)C2(C(=O)O)CCC2)c1. The van der Waals surface area contributed by atoms with Crippen LogP contribution in [0.1, 0.15) is 31.7 Å². The van der Waals surface area contributed by atoms with Gasteiger partial charge in [-0.25, -0.2) is 0 Å². The van der Waals surface area contributed by atoms with Crippen LogP contribution < -0.4 is 5.32 Å². The summed E-state index contributed by atoms with van der Waals surface area (Å²) in [5.41, 5.74) is 0.583. The number of hydrogen-bond donors (Lipinski definition) is 2. The van der Waals surface area contributed by atoms with Crippen molar-refractivity contribution in [3.05, 3.63) is 29.8 Å². The van der Waals surface area contributed by atoms with Crippen LogP contribution in [0.15, 0.2) is 24.3 Å². The van der Waals surface area contributed by atoms with Crippen LogP contribution in [0.4, 0.5) is 5.69 Å². The van der Waals surface area contributed by atoms with Crippen LogP contribution in [0.25, 0.3) is 0 Å². The third kappa shape index (κ3) is 2.10. The van der Waals surface area contributed by atoms with Gasteiger partial charge in [-0.2, -0.15) is 0 Å². The van der Waals surface area contributed by atoms with Crippen molar-refractivity contribution in [3.8, 4) is 0 Å². The van der Waals surface area contributed by atoms with Gasteiger partial charge in [-0.1, -0.05) is 25.5 Å². The van der Waals surface area contributed by atoms with Gasteiger partial charge in [0, 0.05) is 5.69 Å². The molecule has 4 nitrogen and oxygen atoms in total. The highest BCUT2D eigenvalue weighted by Crippen LogP contribution is 2.42. The molecule has 1 aliphatic rings. The minimum Gasteiger partial charge on any atom is -0.480 e. The lowest BCUT2D eigenvalue weighted by Crippen LogP contribution is -2.48. The second kappa shape index (κ2) is 4.80. The van der Waals surface area contributed by atoms with Crippen molar-refractivity contribution in [2.75, 3.05) is 5.32 Å². The summed E-state index contributed by atoms with van der Waals surface area (Å²) in [5.74, 6) is -1.41. The molecule has 4 heteroatoms. The normalized spacial score (nSPS) is 16.7. The van der Waals surface area contributed by atoms with Crippen molar-refractivity contribution in [1.29, 1.82) is 0 Å². The van der Waals surface area contributed by atoms with E-state index in [4.69, 9.17) is 0 Å². The molecule has 1 aromatic rings. The van der Waals surface area contributed by atoms with Crippen molar-refractivity contribution in [3.63, 3.8) is 0 Å². The highest BCUT2D eigenvalue weighted by molar-refractivity contribution is 6.09. The van der Waals surface area contributed by atoms with Crippen molar-refractivity contribution in [2.45, 2.75) is 32.6 Å². The Balaban J connectivity index is 2.13. The molecule has 1 fully saturated rings. The average Bonchev–Trinajstić information content (AvgIpc) is 2.27. The molecule has 0 heterocycles. The molecule has 1 saturated carbocycles. The Hall–Kier alpha value is -1.84. The van der Waals surface area contributed by atoms with Crippen LogP contribution in [0, 0.1) is 5.41 Å². The van der Waals surface area contributed by atoms with Crippen molar-refractivity contribution < 1.29 is 14.7 Å². The van der Waals surface area contributed by atoms with Gasteiger partial charge in [-0.05, 0) is 37.0 Å². The summed E-state index contributed by atoms with van der Waals surface area (Å²) in [6, 6.07) is 7.51. The Morgan fingerprint density at radius 2 is 2.11 bits per heavy atom. The lowest BCUT2D eigenvalue weighted by molar-refractivity contribution is -0.159. The number of carbonyl (C=O) groups is 2. The number of amides is 1. The van der Waals surface area contributed by atoms with Crippen LogP contribution in [0.2, 0.25) is 0 Å². The number of aliphatic carboxylic acids is 1. The summed E-state index contributed by atoms with van der Waals surface area (Å²) in [6.45, 7) is 2.03. The first-order chi connectivity index (χ1) is 8.58. The second-order valence-electron chi connectivity index (χ2n) is 4.75. The second-order valence-corrected chi connectivity index (χ2v) is 4.75. The number of anilines is 1. The zero-order valence-electron chi connectivity index (χ0n) is 10.4. The van der Waals surface area contributed by atoms with E-state index in [1.807, 2.05) is 25.1 Å². The molecule has 2 rings (SSSR count). The number of carboxylic acid groups (broad SMARTS) is 1. The maximum Gasteiger partial charge on any atom is 0.319 e. The number of carbonyl (C=O) groups excluding carboxylic acids is 1. The first-order valence-electron chi connectivity index (χ1n) is 6.22. The molecule has 0 radical (unpaired) electrons. The topological polar surface area (TPSA) is 66.4 Å². The predicted octanol–water partition coefficient (Wildman–Crippen LogP) is 2.44. The summed E-state index contributed by atoms with van der Waals surface area (Å²) < 4.78 is 0. The summed E-state index contributed by atoms with van der Waals surface area (Å²) >= 11 is 0. The Bertz CT molecular complexity index is 478. The third-order valence-corrected chi connectivity index (χ3v) is 3.64. The highest BCUT2D eigenvalue weighted by atomic mass is 16.4. The molecule has 18 heavy (non-hydrogen) atoms. The number of carboxylic acids is 1. The molecule has 0 aromatic heterocycles. The number of nitrogens with one attached hydrogen (secondary N) is 1. The molecule has 0 bridgehead atoms. The van der Waals surface area contributed by atoms with E-state index in [1.165, 1.54) is 0 Å². The van der Waals surface area contributed by atoms with E-state index < -0.39 is 17.3 Å². The molecule has 0 aliphatic heterocycles. The zero-order chi connectivity index (χ0) is 13.2. The van der Waals surface area contributed by atoms with E-state index in [-0.39, 0.29) is 0 Å². The molecule has 1 aliphatic carbocycles. The first kappa shape index (κ1) is 12.6. The van der Waals surface area contributed by atoms with Gasteiger partial charge in [0.25, 0.3) is 0 Å². The quantitative estimate of drug-likeness (QED) is 0.803. The summed E-state index contributed by atoms with van der Waals surface area (Å²) in [7, 11) is 0. The fourth-order valence-corrected chi connectivity index (χ4v) is 2.19. The molecule has 0 unspecified atom stereocenters. The van der Waals surface area contributed by atoms with Crippen molar-refractivity contribution in [2.24, 2.45) is 5.41 Å². The molecule has 1 aromatic carbocycles. The number of hydrogen-bond acceptors (Lipinski definition) is 2. The van der Waals surface area contributed by atoms with E-state index in [0.717, 1.165) is 18.4 Å². The van der Waals surface area contributed by atoms with Crippen LogP contribution in [-0.4, -0.2) is 17.0 Å². The molecular formula is C14H17NO3. The summed E-state index contributed by atoms with van der Waals surface area (Å²) in [6.07, 6.45) is 2.55. The molecule has 1 amide bonds. The van der Waals surface area contributed by atoms with Gasteiger partial charge in [-0.15, -0.1) is 0 Å². The van der Waals surface area contributed by atoms with E-state index >= 15 is 0 Å². The number of benzene rings is 1. The summed E-state index contributed by atoms with van der Waals surface area (Å²) in [5, 5.41) is 11.9. The van der Waals surface area contributed by atoms with Crippen molar-refractivity contribution >= 4 is 17.6 Å². The molecule has 2 N–H and O–H groups in total. The predicted molar refractivity (Wildman–Crippen MR) is 68.4 cm³/mol. The third-order valence-electron chi connectivity index (χ3n) is 3.64. The Kier molecular flexibility index (Phi) is 3.36. The molecular weight excluding hydrogens is 230 g/mol. The lowest BCUT2D eigenvalue weighted by Gasteiger charge is -2.35. The van der Waals surface area contributed by atoms with Crippen LogP contribution in [-0.2, 0) is 16.0 Å². The van der Waals surface area contributed by atoms with Gasteiger partial charge in [0.05, 0.1) is 0 Å². The number of rotatable bonds is 4. The van der Waals surface area contributed by atoms with Crippen LogP contribution >= 0.6 is 0 Å². The lowest BCUT2D eigenvalue weighted by atomic mass is 9.68. The minimum atomic E-state index is -1.21. The van der Waals surface area contributed by atoms with Crippen molar-refractivity contribution in [1.82, 2.24) is 0 Å². The fraction of sp³-hybridized carbons (Fsp3) is 0.429. The van der Waals surface area contributed by atoms with Gasteiger partial charge in [0.15, 0.2) is 0 Å². The maximum atomic E-state index is 12.1. The van der Waals surface area contributed by atoms with Gasteiger partial charge in [0.2, 0.25) is 5.91 Å². The van der Waals surface area contributed by atoms with E-state index in [0.29, 0.717) is 18.5 Å².